The molecule has 0 bridgehead atoms. The molecule has 90 valence electrons. The number of benzene rings is 1. The fourth-order valence-electron chi connectivity index (χ4n) is 2.02. The van der Waals surface area contributed by atoms with Crippen molar-refractivity contribution in [2.45, 2.75) is 13.3 Å². The maximum absolute atomic E-state index is 11.9. The summed E-state index contributed by atoms with van der Waals surface area (Å²) < 4.78 is 0. The van der Waals surface area contributed by atoms with Crippen molar-refractivity contribution in [2.75, 3.05) is 18.4 Å². The minimum absolute atomic E-state index is 0.0690. The lowest BCUT2D eigenvalue weighted by Gasteiger charge is -2.13. The predicted octanol–water partition coefficient (Wildman–Crippen LogP) is 1.49. The molecule has 1 saturated heterocycles. The van der Waals surface area contributed by atoms with Crippen LogP contribution >= 0.6 is 0 Å². The minimum atomic E-state index is -0.220. The van der Waals surface area contributed by atoms with E-state index in [1.54, 1.807) is 4.90 Å². The summed E-state index contributed by atoms with van der Waals surface area (Å²) in [5.74, 6) is -0.219. The van der Waals surface area contributed by atoms with Gasteiger partial charge in [0.15, 0.2) is 0 Å². The molecule has 1 N–H and O–H groups in total. The monoisotopic (exact) mass is 232 g/mol. The first-order chi connectivity index (χ1) is 8.20. The molecule has 2 amide bonds. The van der Waals surface area contributed by atoms with Crippen LogP contribution in [0.4, 0.5) is 5.69 Å². The molecule has 1 atom stereocenters. The van der Waals surface area contributed by atoms with Gasteiger partial charge in [0.1, 0.15) is 0 Å². The summed E-state index contributed by atoms with van der Waals surface area (Å²) in [6.07, 6.45) is 0.326. The van der Waals surface area contributed by atoms with Gasteiger partial charge in [-0.15, -0.1) is 0 Å². The predicted molar refractivity (Wildman–Crippen MR) is 65.4 cm³/mol. The summed E-state index contributed by atoms with van der Waals surface area (Å²) >= 11 is 0. The van der Waals surface area contributed by atoms with Crippen LogP contribution in [-0.2, 0) is 9.59 Å². The second-order valence-electron chi connectivity index (χ2n) is 4.19. The Balaban J connectivity index is 1.96. The molecular weight excluding hydrogens is 216 g/mol. The van der Waals surface area contributed by atoms with Crippen molar-refractivity contribution >= 4 is 17.5 Å². The first kappa shape index (κ1) is 11.6. The minimum Gasteiger partial charge on any atom is -0.342 e. The highest BCUT2D eigenvalue weighted by atomic mass is 16.2. The fourth-order valence-corrected chi connectivity index (χ4v) is 2.02. The Morgan fingerprint density at radius 3 is 2.71 bits per heavy atom. The van der Waals surface area contributed by atoms with Gasteiger partial charge < -0.3 is 10.2 Å². The van der Waals surface area contributed by atoms with Crippen LogP contribution in [0.25, 0.3) is 0 Å². The van der Waals surface area contributed by atoms with Crippen LogP contribution < -0.4 is 5.32 Å². The Kier molecular flexibility index (Phi) is 3.42. The lowest BCUT2D eigenvalue weighted by Crippen LogP contribution is -2.28. The van der Waals surface area contributed by atoms with Gasteiger partial charge in [-0.05, 0) is 19.1 Å². The van der Waals surface area contributed by atoms with Crippen LogP contribution in [0, 0.1) is 5.92 Å². The number of amides is 2. The standard InChI is InChI=1S/C13H16N2O2/c1-2-15-9-10(8-12(15)16)13(17)14-11-6-4-3-5-7-11/h3-7,10H,2,8-9H2,1H3,(H,14,17). The van der Waals surface area contributed by atoms with Gasteiger partial charge in [0, 0.05) is 25.2 Å². The first-order valence-corrected chi connectivity index (χ1v) is 5.84. The van der Waals surface area contributed by atoms with E-state index in [4.69, 9.17) is 0 Å². The highest BCUT2D eigenvalue weighted by Gasteiger charge is 2.33. The van der Waals surface area contributed by atoms with Crippen molar-refractivity contribution in [3.05, 3.63) is 30.3 Å². The number of nitrogens with zero attached hydrogens (tertiary/aromatic N) is 1. The molecule has 1 aromatic rings. The van der Waals surface area contributed by atoms with Crippen LogP contribution in [0.15, 0.2) is 30.3 Å². The zero-order valence-electron chi connectivity index (χ0n) is 9.85. The molecule has 4 heteroatoms. The number of anilines is 1. The Bertz CT molecular complexity index is 417. The third-order valence-corrected chi connectivity index (χ3v) is 3.01. The van der Waals surface area contributed by atoms with Crippen molar-refractivity contribution in [3.8, 4) is 0 Å². The van der Waals surface area contributed by atoms with Crippen molar-refractivity contribution in [1.82, 2.24) is 4.90 Å². The van der Waals surface area contributed by atoms with E-state index in [0.29, 0.717) is 19.5 Å². The highest BCUT2D eigenvalue weighted by molar-refractivity contribution is 5.97. The van der Waals surface area contributed by atoms with Gasteiger partial charge in [0.25, 0.3) is 0 Å². The van der Waals surface area contributed by atoms with Gasteiger partial charge in [-0.25, -0.2) is 0 Å². The van der Waals surface area contributed by atoms with Crippen molar-refractivity contribution in [2.24, 2.45) is 5.92 Å². The number of para-hydroxylation sites is 1. The van der Waals surface area contributed by atoms with Crippen molar-refractivity contribution in [1.29, 1.82) is 0 Å². The first-order valence-electron chi connectivity index (χ1n) is 5.84. The van der Waals surface area contributed by atoms with Crippen LogP contribution in [-0.4, -0.2) is 29.8 Å². The number of hydrogen-bond donors (Lipinski definition) is 1. The number of carbonyl (C=O) groups is 2. The van der Waals surface area contributed by atoms with E-state index in [9.17, 15) is 9.59 Å². The molecule has 0 aromatic heterocycles. The third-order valence-electron chi connectivity index (χ3n) is 3.01. The van der Waals surface area contributed by atoms with Gasteiger partial charge in [0.05, 0.1) is 5.92 Å². The van der Waals surface area contributed by atoms with E-state index in [2.05, 4.69) is 5.32 Å². The molecule has 1 fully saturated rings. The average Bonchev–Trinajstić information content (AvgIpc) is 2.72. The van der Waals surface area contributed by atoms with Crippen LogP contribution in [0.1, 0.15) is 13.3 Å². The molecule has 0 saturated carbocycles. The maximum Gasteiger partial charge on any atom is 0.229 e. The van der Waals surface area contributed by atoms with E-state index in [0.717, 1.165) is 5.69 Å². The Labute approximate surface area is 101 Å². The lowest BCUT2D eigenvalue weighted by atomic mass is 10.1. The Morgan fingerprint density at radius 2 is 2.12 bits per heavy atom. The van der Waals surface area contributed by atoms with E-state index < -0.39 is 0 Å². The summed E-state index contributed by atoms with van der Waals surface area (Å²) in [7, 11) is 0. The molecule has 0 radical (unpaired) electrons. The largest absolute Gasteiger partial charge is 0.342 e. The molecule has 1 aliphatic rings. The Hall–Kier alpha value is -1.84. The van der Waals surface area contributed by atoms with Crippen LogP contribution in [0.5, 0.6) is 0 Å². The third kappa shape index (κ3) is 2.64. The fraction of sp³-hybridized carbons (Fsp3) is 0.385. The summed E-state index contributed by atoms with van der Waals surface area (Å²) in [5, 5.41) is 2.83. The van der Waals surface area contributed by atoms with Crippen molar-refractivity contribution in [3.63, 3.8) is 0 Å². The molecule has 4 nitrogen and oxygen atoms in total. The summed E-state index contributed by atoms with van der Waals surface area (Å²) in [4.78, 5) is 25.2. The highest BCUT2D eigenvalue weighted by Crippen LogP contribution is 2.19. The summed E-state index contributed by atoms with van der Waals surface area (Å²) in [5.41, 5.74) is 0.778. The second kappa shape index (κ2) is 4.99. The van der Waals surface area contributed by atoms with E-state index in [-0.39, 0.29) is 17.7 Å². The number of nitrogens with one attached hydrogen (secondary N) is 1. The van der Waals surface area contributed by atoms with E-state index in [1.165, 1.54) is 0 Å². The molecule has 1 aromatic carbocycles. The number of rotatable bonds is 3. The van der Waals surface area contributed by atoms with Gasteiger partial charge in [0.2, 0.25) is 11.8 Å². The molecule has 1 heterocycles. The molecule has 1 aliphatic heterocycles. The second-order valence-corrected chi connectivity index (χ2v) is 4.19. The normalized spacial score (nSPS) is 19.5. The Morgan fingerprint density at radius 1 is 1.41 bits per heavy atom. The molecule has 2 rings (SSSR count). The van der Waals surface area contributed by atoms with Crippen LogP contribution in [0.2, 0.25) is 0 Å². The molecule has 0 aliphatic carbocycles. The molecular formula is C13H16N2O2. The van der Waals surface area contributed by atoms with Gasteiger partial charge in [-0.2, -0.15) is 0 Å². The number of likely N-dealkylation sites (tertiary alicyclic amines) is 1. The lowest BCUT2D eigenvalue weighted by molar-refractivity contribution is -0.128. The topological polar surface area (TPSA) is 49.4 Å². The quantitative estimate of drug-likeness (QED) is 0.858. The zero-order chi connectivity index (χ0) is 12.3. The van der Waals surface area contributed by atoms with Crippen molar-refractivity contribution < 1.29 is 9.59 Å². The zero-order valence-corrected chi connectivity index (χ0v) is 9.85. The van der Waals surface area contributed by atoms with Crippen LogP contribution in [0.3, 0.4) is 0 Å². The number of carbonyl (C=O) groups excluding carboxylic acids is 2. The number of hydrogen-bond acceptors (Lipinski definition) is 2. The maximum atomic E-state index is 11.9. The molecule has 1 unspecified atom stereocenters. The van der Waals surface area contributed by atoms with Gasteiger partial charge in [-0.3, -0.25) is 9.59 Å². The SMILES string of the molecule is CCN1CC(C(=O)Nc2ccccc2)CC1=O. The molecule has 0 spiro atoms. The summed E-state index contributed by atoms with van der Waals surface area (Å²) in [6, 6.07) is 9.31. The molecule has 17 heavy (non-hydrogen) atoms. The summed E-state index contributed by atoms with van der Waals surface area (Å²) in [6.45, 7) is 3.14. The van der Waals surface area contributed by atoms with E-state index in [1.807, 2.05) is 37.3 Å². The van der Waals surface area contributed by atoms with Gasteiger partial charge >= 0.3 is 0 Å². The smallest absolute Gasteiger partial charge is 0.229 e. The van der Waals surface area contributed by atoms with E-state index >= 15 is 0 Å². The van der Waals surface area contributed by atoms with Gasteiger partial charge in [-0.1, -0.05) is 18.2 Å². The average molecular weight is 232 g/mol.